The zero-order valence-electron chi connectivity index (χ0n) is 6.71. The van der Waals surface area contributed by atoms with Gasteiger partial charge in [-0.15, -0.1) is 0 Å². The fourth-order valence-corrected chi connectivity index (χ4v) is 0.871. The summed E-state index contributed by atoms with van der Waals surface area (Å²) in [7, 11) is 0. The Bertz CT molecular complexity index is 359. The van der Waals surface area contributed by atoms with Crippen molar-refractivity contribution in [1.29, 1.82) is 0 Å². The van der Waals surface area contributed by atoms with Crippen molar-refractivity contribution in [2.24, 2.45) is 0 Å². The summed E-state index contributed by atoms with van der Waals surface area (Å²) in [6.07, 6.45) is 0. The summed E-state index contributed by atoms with van der Waals surface area (Å²) < 4.78 is 0. The molecule has 0 heterocycles. The lowest BCUT2D eigenvalue weighted by Crippen LogP contribution is -1.96. The normalized spacial score (nSPS) is 9.50. The molecule has 0 saturated carbocycles. The predicted octanol–water partition coefficient (Wildman–Crippen LogP) is 1.30. The lowest BCUT2D eigenvalue weighted by Gasteiger charge is -1.98. The number of hydrogen-bond donors (Lipinski definition) is 2. The van der Waals surface area contributed by atoms with Gasteiger partial charge in [0.1, 0.15) is 0 Å². The molecule has 14 heavy (non-hydrogen) atoms. The zero-order chi connectivity index (χ0) is 10.7. The molecular formula is C6H5N3O5. The molecule has 0 spiro atoms. The Morgan fingerprint density at radius 2 is 1.50 bits per heavy atom. The van der Waals surface area contributed by atoms with Crippen LogP contribution in [0, 0.1) is 20.2 Å². The lowest BCUT2D eigenvalue weighted by molar-refractivity contribution is -0.394. The minimum Gasteiger partial charge on any atom is -0.291 e. The van der Waals surface area contributed by atoms with Gasteiger partial charge in [-0.3, -0.25) is 30.9 Å². The third-order valence-corrected chi connectivity index (χ3v) is 1.45. The summed E-state index contributed by atoms with van der Waals surface area (Å²) in [5.74, 6) is 0. The first-order valence-corrected chi connectivity index (χ1v) is 3.38. The molecule has 8 heteroatoms. The van der Waals surface area contributed by atoms with Gasteiger partial charge in [0.15, 0.2) is 0 Å². The maximum absolute atomic E-state index is 10.3. The monoisotopic (exact) mass is 199 g/mol. The van der Waals surface area contributed by atoms with E-state index in [1.165, 1.54) is 0 Å². The number of rotatable bonds is 3. The molecule has 8 nitrogen and oxygen atoms in total. The quantitative estimate of drug-likeness (QED) is 0.559. The molecule has 0 amide bonds. The molecule has 0 bridgehead atoms. The van der Waals surface area contributed by atoms with Gasteiger partial charge < -0.3 is 0 Å². The Balaban J connectivity index is 3.27. The molecule has 0 fully saturated rings. The van der Waals surface area contributed by atoms with Crippen LogP contribution in [0.15, 0.2) is 18.2 Å². The number of hydrogen-bond acceptors (Lipinski definition) is 6. The summed E-state index contributed by atoms with van der Waals surface area (Å²) in [6.45, 7) is 0. The van der Waals surface area contributed by atoms with E-state index in [-0.39, 0.29) is 5.69 Å². The Hall–Kier alpha value is -2.22. The van der Waals surface area contributed by atoms with E-state index in [1.807, 2.05) is 0 Å². The van der Waals surface area contributed by atoms with Gasteiger partial charge in [0.25, 0.3) is 11.4 Å². The maximum Gasteiger partial charge on any atom is 0.278 e. The number of nitro benzene ring substituents is 2. The van der Waals surface area contributed by atoms with Crippen molar-refractivity contribution in [3.63, 3.8) is 0 Å². The summed E-state index contributed by atoms with van der Waals surface area (Å²) >= 11 is 0. The molecule has 74 valence electrons. The fraction of sp³-hybridized carbons (Fsp3) is 0. The first kappa shape index (κ1) is 9.86. The topological polar surface area (TPSA) is 119 Å². The second kappa shape index (κ2) is 3.66. The van der Waals surface area contributed by atoms with Crippen molar-refractivity contribution in [2.45, 2.75) is 0 Å². The Morgan fingerprint density at radius 3 is 1.79 bits per heavy atom. The average Bonchev–Trinajstić information content (AvgIpc) is 2.16. The summed E-state index contributed by atoms with van der Waals surface area (Å²) in [4.78, 5) is 19.1. The van der Waals surface area contributed by atoms with E-state index in [2.05, 4.69) is 0 Å². The zero-order valence-corrected chi connectivity index (χ0v) is 6.71. The van der Waals surface area contributed by atoms with Crippen LogP contribution in [0.3, 0.4) is 0 Å². The first-order valence-electron chi connectivity index (χ1n) is 3.38. The van der Waals surface area contributed by atoms with Crippen molar-refractivity contribution in [3.05, 3.63) is 38.4 Å². The highest BCUT2D eigenvalue weighted by atomic mass is 16.6. The second-order valence-corrected chi connectivity index (χ2v) is 2.36. The molecule has 0 radical (unpaired) electrons. The molecule has 0 aliphatic carbocycles. The Kier molecular flexibility index (Phi) is 2.58. The number of nitro groups is 2. The lowest BCUT2D eigenvalue weighted by atomic mass is 10.2. The van der Waals surface area contributed by atoms with E-state index in [0.717, 1.165) is 18.2 Å². The summed E-state index contributed by atoms with van der Waals surface area (Å²) in [5.41, 5.74) is 0.578. The molecular weight excluding hydrogens is 194 g/mol. The van der Waals surface area contributed by atoms with Crippen LogP contribution >= 0.6 is 0 Å². The van der Waals surface area contributed by atoms with Gasteiger partial charge in [0.2, 0.25) is 0 Å². The highest BCUT2D eigenvalue weighted by molar-refractivity contribution is 5.57. The van der Waals surface area contributed by atoms with Gasteiger partial charge in [-0.1, -0.05) is 0 Å². The Morgan fingerprint density at radius 1 is 1.07 bits per heavy atom. The molecule has 1 aromatic rings. The Labute approximate surface area is 77.0 Å². The number of non-ortho nitro benzene ring substituents is 2. The van der Waals surface area contributed by atoms with Crippen LogP contribution in [0.2, 0.25) is 0 Å². The largest absolute Gasteiger partial charge is 0.291 e. The smallest absolute Gasteiger partial charge is 0.278 e. The summed E-state index contributed by atoms with van der Waals surface area (Å²) in [6, 6.07) is 2.76. The molecule has 0 saturated heterocycles. The molecule has 1 rings (SSSR count). The predicted molar refractivity (Wildman–Crippen MR) is 45.2 cm³/mol. The highest BCUT2D eigenvalue weighted by Gasteiger charge is 2.15. The molecule has 1 aromatic carbocycles. The SMILES string of the molecule is O=[N+]([O-])c1cc(NO)cc([N+](=O)[O-])c1. The van der Waals surface area contributed by atoms with E-state index < -0.39 is 21.2 Å². The van der Waals surface area contributed by atoms with Crippen molar-refractivity contribution >= 4 is 17.1 Å². The minimum atomic E-state index is -0.784. The van der Waals surface area contributed by atoms with Crippen LogP contribution in [0.5, 0.6) is 0 Å². The molecule has 0 unspecified atom stereocenters. The van der Waals surface area contributed by atoms with Gasteiger partial charge in [-0.2, -0.15) is 0 Å². The third kappa shape index (κ3) is 1.93. The van der Waals surface area contributed by atoms with Gasteiger partial charge >= 0.3 is 0 Å². The van der Waals surface area contributed by atoms with Crippen molar-refractivity contribution < 1.29 is 15.1 Å². The van der Waals surface area contributed by atoms with Crippen molar-refractivity contribution in [3.8, 4) is 0 Å². The fourth-order valence-electron chi connectivity index (χ4n) is 0.871. The second-order valence-electron chi connectivity index (χ2n) is 2.36. The molecule has 0 aliphatic rings. The van der Waals surface area contributed by atoms with E-state index >= 15 is 0 Å². The molecule has 0 aliphatic heterocycles. The molecule has 0 aromatic heterocycles. The minimum absolute atomic E-state index is 0.106. The number of benzene rings is 1. The maximum atomic E-state index is 10.3. The highest BCUT2D eigenvalue weighted by Crippen LogP contribution is 2.25. The third-order valence-electron chi connectivity index (χ3n) is 1.45. The van der Waals surface area contributed by atoms with E-state index in [0.29, 0.717) is 0 Å². The van der Waals surface area contributed by atoms with Crippen molar-refractivity contribution in [1.82, 2.24) is 0 Å². The van der Waals surface area contributed by atoms with E-state index in [4.69, 9.17) is 5.21 Å². The average molecular weight is 199 g/mol. The van der Waals surface area contributed by atoms with Crippen molar-refractivity contribution in [2.75, 3.05) is 5.48 Å². The van der Waals surface area contributed by atoms with Crippen LogP contribution in [0.4, 0.5) is 17.1 Å². The van der Waals surface area contributed by atoms with Crippen LogP contribution in [-0.4, -0.2) is 15.1 Å². The number of anilines is 1. The van der Waals surface area contributed by atoms with Gasteiger partial charge in [-0.25, -0.2) is 0 Å². The first-order chi connectivity index (χ1) is 6.54. The molecule has 2 N–H and O–H groups in total. The van der Waals surface area contributed by atoms with Gasteiger partial charge in [-0.05, 0) is 0 Å². The van der Waals surface area contributed by atoms with Gasteiger partial charge in [0.05, 0.1) is 21.6 Å². The van der Waals surface area contributed by atoms with E-state index in [9.17, 15) is 20.2 Å². The van der Waals surface area contributed by atoms with Crippen LogP contribution in [0.25, 0.3) is 0 Å². The summed E-state index contributed by atoms with van der Waals surface area (Å²) in [5, 5.41) is 29.1. The van der Waals surface area contributed by atoms with E-state index in [1.54, 1.807) is 5.48 Å². The van der Waals surface area contributed by atoms with Gasteiger partial charge in [0, 0.05) is 12.1 Å². The number of nitrogens with zero attached hydrogens (tertiary/aromatic N) is 2. The van der Waals surface area contributed by atoms with Crippen LogP contribution < -0.4 is 5.48 Å². The molecule has 0 atom stereocenters. The standard InChI is InChI=1S/C6H5N3O5/c10-7-4-1-5(8(11)12)3-6(2-4)9(13)14/h1-3,7,10H. The number of nitrogens with one attached hydrogen (secondary N) is 1. The van der Waals surface area contributed by atoms with Crippen LogP contribution in [-0.2, 0) is 0 Å². The van der Waals surface area contributed by atoms with Crippen LogP contribution in [0.1, 0.15) is 0 Å².